The summed E-state index contributed by atoms with van der Waals surface area (Å²) in [6.45, 7) is 7.51. The molecule has 2 aliphatic heterocycles. The fraction of sp³-hybridized carbons (Fsp3) is 0.345. The summed E-state index contributed by atoms with van der Waals surface area (Å²) < 4.78 is 11.0. The number of nitrogens with zero attached hydrogens (tertiary/aromatic N) is 6. The molecule has 2 saturated heterocycles. The molecule has 2 N–H and O–H groups in total. The third kappa shape index (κ3) is 7.22. The summed E-state index contributed by atoms with van der Waals surface area (Å²) in [7, 11) is 0. The number of anilines is 2. The van der Waals surface area contributed by atoms with E-state index in [4.69, 9.17) is 24.4 Å². The van der Waals surface area contributed by atoms with Crippen molar-refractivity contribution in [3.8, 4) is 22.1 Å². The Balaban J connectivity index is 1.19. The van der Waals surface area contributed by atoms with Crippen molar-refractivity contribution in [1.82, 2.24) is 30.2 Å². The van der Waals surface area contributed by atoms with Gasteiger partial charge in [-0.1, -0.05) is 0 Å². The number of nitrogens with one attached hydrogen (secondary N) is 2. The number of hydrogen-bond donors (Lipinski definition) is 2. The van der Waals surface area contributed by atoms with Gasteiger partial charge in [-0.25, -0.2) is 9.78 Å². The van der Waals surface area contributed by atoms with E-state index in [1.54, 1.807) is 23.7 Å². The summed E-state index contributed by atoms with van der Waals surface area (Å²) >= 11 is 1.71. The molecule has 11 nitrogen and oxygen atoms in total. The van der Waals surface area contributed by atoms with Crippen molar-refractivity contribution >= 4 is 29.0 Å². The number of ether oxygens (including phenoxy) is 2. The molecule has 3 aromatic heterocycles. The summed E-state index contributed by atoms with van der Waals surface area (Å²) in [5.74, 6) is 1.90. The monoisotopic (exact) mass is 572 g/mol. The van der Waals surface area contributed by atoms with E-state index in [1.165, 1.54) is 4.88 Å². The highest BCUT2D eigenvalue weighted by molar-refractivity contribution is 7.15. The first-order chi connectivity index (χ1) is 20.2. The van der Waals surface area contributed by atoms with Crippen LogP contribution in [0.2, 0.25) is 0 Å². The van der Waals surface area contributed by atoms with Crippen molar-refractivity contribution in [1.29, 1.82) is 0 Å². The van der Waals surface area contributed by atoms with E-state index in [0.717, 1.165) is 61.9 Å². The predicted octanol–water partition coefficient (Wildman–Crippen LogP) is 3.65. The third-order valence-corrected chi connectivity index (χ3v) is 7.95. The molecule has 2 amide bonds. The Labute approximate surface area is 242 Å². The number of amides is 2. The quantitative estimate of drug-likeness (QED) is 0.326. The molecule has 0 radical (unpaired) electrons. The Morgan fingerprint density at radius 2 is 1.54 bits per heavy atom. The molecule has 4 aromatic rings. The first kappa shape index (κ1) is 27.2. The highest BCUT2D eigenvalue weighted by Crippen LogP contribution is 2.30. The van der Waals surface area contributed by atoms with Crippen LogP contribution in [0.15, 0.2) is 60.9 Å². The molecule has 41 heavy (non-hydrogen) atoms. The lowest BCUT2D eigenvalue weighted by molar-refractivity contribution is 0.0346. The number of carbonyl (C=O) groups excluding carboxylic acids is 1. The number of urea groups is 1. The van der Waals surface area contributed by atoms with Crippen molar-refractivity contribution in [2.45, 2.75) is 13.1 Å². The molecular weight excluding hydrogens is 540 g/mol. The molecule has 0 spiro atoms. The fourth-order valence-corrected chi connectivity index (χ4v) is 5.62. The largest absolute Gasteiger partial charge is 0.379 e. The molecule has 0 aliphatic carbocycles. The van der Waals surface area contributed by atoms with Gasteiger partial charge in [0, 0.05) is 67.8 Å². The van der Waals surface area contributed by atoms with Crippen LogP contribution in [0.3, 0.4) is 0 Å². The lowest BCUT2D eigenvalue weighted by Gasteiger charge is -2.27. The van der Waals surface area contributed by atoms with Gasteiger partial charge in [-0.2, -0.15) is 9.97 Å². The van der Waals surface area contributed by atoms with Gasteiger partial charge in [0.2, 0.25) is 5.95 Å². The van der Waals surface area contributed by atoms with E-state index in [9.17, 15) is 4.79 Å². The zero-order valence-electron chi connectivity index (χ0n) is 22.7. The lowest BCUT2D eigenvalue weighted by atomic mass is 10.2. The molecule has 212 valence electrons. The zero-order chi connectivity index (χ0) is 27.9. The fourth-order valence-electron chi connectivity index (χ4n) is 4.63. The van der Waals surface area contributed by atoms with Crippen molar-refractivity contribution in [3.05, 3.63) is 71.4 Å². The molecule has 6 rings (SSSR count). The van der Waals surface area contributed by atoms with Crippen molar-refractivity contribution in [2.24, 2.45) is 0 Å². The van der Waals surface area contributed by atoms with E-state index in [1.807, 2.05) is 36.4 Å². The Kier molecular flexibility index (Phi) is 8.71. The van der Waals surface area contributed by atoms with Crippen LogP contribution in [-0.4, -0.2) is 83.5 Å². The molecule has 0 atom stereocenters. The molecule has 0 unspecified atom stereocenters. The minimum atomic E-state index is -0.280. The van der Waals surface area contributed by atoms with Gasteiger partial charge in [0.15, 0.2) is 11.6 Å². The number of pyridine rings is 1. The third-order valence-electron chi connectivity index (χ3n) is 6.89. The van der Waals surface area contributed by atoms with Gasteiger partial charge in [-0.15, -0.1) is 11.3 Å². The maximum absolute atomic E-state index is 12.4. The molecule has 0 saturated carbocycles. The van der Waals surface area contributed by atoms with E-state index in [-0.39, 0.29) is 6.03 Å². The number of rotatable bonds is 8. The van der Waals surface area contributed by atoms with Crippen LogP contribution < -0.4 is 15.5 Å². The smallest absolute Gasteiger partial charge is 0.319 e. The molecule has 12 heteroatoms. The lowest BCUT2D eigenvalue weighted by Crippen LogP contribution is -2.37. The number of morpholine rings is 2. The minimum Gasteiger partial charge on any atom is -0.379 e. The summed E-state index contributed by atoms with van der Waals surface area (Å²) in [4.78, 5) is 37.8. The first-order valence-electron chi connectivity index (χ1n) is 13.7. The van der Waals surface area contributed by atoms with Gasteiger partial charge < -0.3 is 25.0 Å². The Morgan fingerprint density at radius 3 is 2.29 bits per heavy atom. The van der Waals surface area contributed by atoms with Gasteiger partial charge in [-0.3, -0.25) is 9.88 Å². The van der Waals surface area contributed by atoms with Crippen LogP contribution in [0.5, 0.6) is 0 Å². The average molecular weight is 573 g/mol. The normalized spacial score (nSPS) is 16.0. The van der Waals surface area contributed by atoms with Crippen LogP contribution in [0.4, 0.5) is 16.4 Å². The second-order valence-electron chi connectivity index (χ2n) is 9.78. The van der Waals surface area contributed by atoms with Gasteiger partial charge >= 0.3 is 6.03 Å². The van der Waals surface area contributed by atoms with Crippen LogP contribution in [0.1, 0.15) is 10.4 Å². The molecule has 5 heterocycles. The van der Waals surface area contributed by atoms with E-state index in [2.05, 4.69) is 37.6 Å². The number of thiophene rings is 1. The zero-order valence-corrected chi connectivity index (χ0v) is 23.5. The van der Waals surface area contributed by atoms with E-state index >= 15 is 0 Å². The highest BCUT2D eigenvalue weighted by atomic mass is 32.1. The SMILES string of the molecule is O=C(NCc1ccncc1)Nc1ccc(-c2nc(-c3ccc(CN4CCOCC4)s3)nc(N3CCOCC3)n2)cc1. The molecule has 2 fully saturated rings. The van der Waals surface area contributed by atoms with Gasteiger partial charge in [0.05, 0.1) is 31.3 Å². The maximum atomic E-state index is 12.4. The van der Waals surface area contributed by atoms with Crippen LogP contribution in [0.25, 0.3) is 22.1 Å². The summed E-state index contributed by atoms with van der Waals surface area (Å²) in [6, 6.07) is 15.2. The summed E-state index contributed by atoms with van der Waals surface area (Å²) in [5.41, 5.74) is 2.50. The maximum Gasteiger partial charge on any atom is 0.319 e. The summed E-state index contributed by atoms with van der Waals surface area (Å²) in [6.07, 6.45) is 3.40. The van der Waals surface area contributed by atoms with Crippen LogP contribution >= 0.6 is 11.3 Å². The van der Waals surface area contributed by atoms with Crippen molar-refractivity contribution in [2.75, 3.05) is 62.8 Å². The van der Waals surface area contributed by atoms with Gasteiger partial charge in [0.25, 0.3) is 0 Å². The van der Waals surface area contributed by atoms with Gasteiger partial charge in [-0.05, 0) is 54.1 Å². The predicted molar refractivity (Wildman–Crippen MR) is 158 cm³/mol. The Bertz CT molecular complexity index is 1440. The number of carbonyl (C=O) groups is 1. The topological polar surface area (TPSA) is 118 Å². The van der Waals surface area contributed by atoms with Gasteiger partial charge in [0.1, 0.15) is 0 Å². The molecule has 1 aromatic carbocycles. The average Bonchev–Trinajstić information content (AvgIpc) is 3.50. The Morgan fingerprint density at radius 1 is 0.829 bits per heavy atom. The van der Waals surface area contributed by atoms with E-state index in [0.29, 0.717) is 43.0 Å². The molecule has 0 bridgehead atoms. The van der Waals surface area contributed by atoms with Crippen LogP contribution in [0, 0.1) is 0 Å². The first-order valence-corrected chi connectivity index (χ1v) is 14.5. The Hall–Kier alpha value is -3.97. The van der Waals surface area contributed by atoms with Crippen LogP contribution in [-0.2, 0) is 22.6 Å². The highest BCUT2D eigenvalue weighted by Gasteiger charge is 2.19. The summed E-state index contributed by atoms with van der Waals surface area (Å²) in [5, 5.41) is 5.73. The minimum absolute atomic E-state index is 0.280. The number of hydrogen-bond acceptors (Lipinski definition) is 10. The van der Waals surface area contributed by atoms with Crippen molar-refractivity contribution < 1.29 is 14.3 Å². The van der Waals surface area contributed by atoms with E-state index < -0.39 is 0 Å². The standard InChI is InChI=1S/C29H32N8O3S/c38-29(31-19-21-7-9-30-10-8-21)32-23-3-1-22(2-4-23)26-33-27(35-28(34-26)37-13-17-40-18-14-37)25-6-5-24(41-25)20-36-11-15-39-16-12-36/h1-10H,11-20H2,(H2,31,32,38). The van der Waals surface area contributed by atoms with Crippen molar-refractivity contribution in [3.63, 3.8) is 0 Å². The molecule has 2 aliphatic rings. The molecular formula is C29H32N8O3S. The number of aromatic nitrogens is 4. The number of benzene rings is 1. The second kappa shape index (κ2) is 13.1. The second-order valence-corrected chi connectivity index (χ2v) is 10.9.